The molecule has 2 N–H and O–H groups in total. The van der Waals surface area contributed by atoms with E-state index in [1.807, 2.05) is 0 Å². The van der Waals surface area contributed by atoms with Crippen LogP contribution in [0, 0.1) is 11.3 Å². The Balaban J connectivity index is 2.74. The molecule has 0 spiro atoms. The zero-order valence-corrected chi connectivity index (χ0v) is 10.9. The van der Waals surface area contributed by atoms with Crippen molar-refractivity contribution in [3.63, 3.8) is 0 Å². The highest BCUT2D eigenvalue weighted by Gasteiger charge is 2.44. The summed E-state index contributed by atoms with van der Waals surface area (Å²) >= 11 is 0. The van der Waals surface area contributed by atoms with Gasteiger partial charge in [0.05, 0.1) is 5.60 Å². The van der Waals surface area contributed by atoms with Crippen molar-refractivity contribution in [1.82, 2.24) is 5.32 Å². The first-order valence-corrected chi connectivity index (χ1v) is 6.25. The molecule has 1 rings (SSSR count). The molecule has 1 aliphatic rings. The monoisotopic (exact) mass is 213 g/mol. The van der Waals surface area contributed by atoms with E-state index in [0.29, 0.717) is 5.92 Å². The van der Waals surface area contributed by atoms with E-state index in [4.69, 9.17) is 0 Å². The molecule has 2 nitrogen and oxygen atoms in total. The summed E-state index contributed by atoms with van der Waals surface area (Å²) in [5.41, 5.74) is -0.243. The van der Waals surface area contributed by atoms with Gasteiger partial charge in [-0.25, -0.2) is 0 Å². The number of likely N-dealkylation sites (N-methyl/N-ethyl adjacent to an activating group) is 1. The van der Waals surface area contributed by atoms with Crippen molar-refractivity contribution in [3.05, 3.63) is 0 Å². The van der Waals surface area contributed by atoms with Gasteiger partial charge in [0.1, 0.15) is 0 Å². The third kappa shape index (κ3) is 3.18. The summed E-state index contributed by atoms with van der Waals surface area (Å²) < 4.78 is 0. The summed E-state index contributed by atoms with van der Waals surface area (Å²) in [6, 6.07) is 0.199. The molecule has 0 heterocycles. The van der Waals surface area contributed by atoms with Crippen molar-refractivity contribution < 1.29 is 5.11 Å². The molecule has 0 saturated heterocycles. The van der Waals surface area contributed by atoms with Crippen LogP contribution in [0.2, 0.25) is 0 Å². The van der Waals surface area contributed by atoms with Crippen molar-refractivity contribution >= 4 is 0 Å². The van der Waals surface area contributed by atoms with Gasteiger partial charge >= 0.3 is 0 Å². The molecule has 2 heteroatoms. The van der Waals surface area contributed by atoms with Crippen molar-refractivity contribution in [3.8, 4) is 0 Å². The standard InChI is InChI=1S/C13H27NO/c1-6-14-11(3)13(15)8-10(2)7-12(4,5)9-13/h10-11,14-15H,6-9H2,1-5H3. The number of aliphatic hydroxyl groups is 1. The Labute approximate surface area is 94.5 Å². The highest BCUT2D eigenvalue weighted by Crippen LogP contribution is 2.45. The smallest absolute Gasteiger partial charge is 0.0804 e. The second kappa shape index (κ2) is 4.42. The number of rotatable bonds is 3. The Morgan fingerprint density at radius 2 is 2.00 bits per heavy atom. The maximum absolute atomic E-state index is 10.7. The molecule has 3 unspecified atom stereocenters. The maximum atomic E-state index is 10.7. The zero-order valence-electron chi connectivity index (χ0n) is 10.9. The normalized spacial score (nSPS) is 37.6. The number of nitrogens with one attached hydrogen (secondary N) is 1. The second-order valence-corrected chi connectivity index (χ2v) is 6.24. The fraction of sp³-hybridized carbons (Fsp3) is 1.00. The molecule has 15 heavy (non-hydrogen) atoms. The molecule has 1 fully saturated rings. The minimum absolute atomic E-state index is 0.199. The number of hydrogen-bond acceptors (Lipinski definition) is 2. The molecule has 0 aromatic carbocycles. The summed E-state index contributed by atoms with van der Waals surface area (Å²) in [5.74, 6) is 0.625. The molecule has 0 bridgehead atoms. The number of hydrogen-bond donors (Lipinski definition) is 2. The fourth-order valence-corrected chi connectivity index (χ4v) is 3.42. The summed E-state index contributed by atoms with van der Waals surface area (Å²) in [6.45, 7) is 11.9. The molecular formula is C13H27NO. The van der Waals surface area contributed by atoms with Crippen LogP contribution in [0.1, 0.15) is 53.9 Å². The first kappa shape index (κ1) is 13.0. The third-order valence-corrected chi connectivity index (χ3v) is 3.70. The lowest BCUT2D eigenvalue weighted by atomic mass is 9.64. The Morgan fingerprint density at radius 1 is 1.40 bits per heavy atom. The molecule has 0 amide bonds. The van der Waals surface area contributed by atoms with Gasteiger partial charge in [-0.15, -0.1) is 0 Å². The van der Waals surface area contributed by atoms with Gasteiger partial charge in [-0.3, -0.25) is 0 Å². The molecule has 90 valence electrons. The lowest BCUT2D eigenvalue weighted by molar-refractivity contribution is -0.0790. The van der Waals surface area contributed by atoms with Crippen LogP contribution in [0.3, 0.4) is 0 Å². The maximum Gasteiger partial charge on any atom is 0.0804 e. The van der Waals surface area contributed by atoms with Gasteiger partial charge in [0, 0.05) is 6.04 Å². The quantitative estimate of drug-likeness (QED) is 0.755. The van der Waals surface area contributed by atoms with Crippen LogP contribution in [0.4, 0.5) is 0 Å². The summed E-state index contributed by atoms with van der Waals surface area (Å²) in [7, 11) is 0. The van der Waals surface area contributed by atoms with E-state index in [-0.39, 0.29) is 11.5 Å². The molecule has 1 aliphatic carbocycles. The van der Waals surface area contributed by atoms with E-state index in [1.165, 1.54) is 6.42 Å². The molecule has 0 aliphatic heterocycles. The van der Waals surface area contributed by atoms with Gasteiger partial charge in [0.15, 0.2) is 0 Å². The van der Waals surface area contributed by atoms with Gasteiger partial charge in [-0.1, -0.05) is 27.7 Å². The SMILES string of the molecule is CCNC(C)C1(O)CC(C)CC(C)(C)C1. The summed E-state index contributed by atoms with van der Waals surface area (Å²) in [5, 5.41) is 14.1. The first-order valence-electron chi connectivity index (χ1n) is 6.25. The zero-order chi connectivity index (χ0) is 11.7. The third-order valence-electron chi connectivity index (χ3n) is 3.70. The lowest BCUT2D eigenvalue weighted by Gasteiger charge is -2.47. The molecule has 0 radical (unpaired) electrons. The van der Waals surface area contributed by atoms with Crippen LogP contribution in [-0.2, 0) is 0 Å². The molecular weight excluding hydrogens is 186 g/mol. The van der Waals surface area contributed by atoms with Gasteiger partial charge in [-0.2, -0.15) is 0 Å². The summed E-state index contributed by atoms with van der Waals surface area (Å²) in [6.07, 6.45) is 3.08. The predicted octanol–water partition coefficient (Wildman–Crippen LogP) is 2.56. The van der Waals surface area contributed by atoms with Gasteiger partial charge in [0.25, 0.3) is 0 Å². The van der Waals surface area contributed by atoms with E-state index >= 15 is 0 Å². The first-order chi connectivity index (χ1) is 6.79. The fourth-order valence-electron chi connectivity index (χ4n) is 3.42. The molecule has 1 saturated carbocycles. The van der Waals surface area contributed by atoms with Crippen molar-refractivity contribution in [2.45, 2.75) is 65.5 Å². The van der Waals surface area contributed by atoms with Gasteiger partial charge in [0.2, 0.25) is 0 Å². The minimum atomic E-state index is -0.517. The van der Waals surface area contributed by atoms with Crippen LogP contribution in [-0.4, -0.2) is 23.3 Å². The summed E-state index contributed by atoms with van der Waals surface area (Å²) in [4.78, 5) is 0. The molecule has 0 aromatic heterocycles. The average molecular weight is 213 g/mol. The second-order valence-electron chi connectivity index (χ2n) is 6.24. The van der Waals surface area contributed by atoms with Gasteiger partial charge in [-0.05, 0) is 44.1 Å². The Bertz CT molecular complexity index is 215. The van der Waals surface area contributed by atoms with E-state index in [2.05, 4.69) is 39.9 Å². The van der Waals surface area contributed by atoms with Gasteiger partial charge < -0.3 is 10.4 Å². The average Bonchev–Trinajstić information content (AvgIpc) is 1.99. The minimum Gasteiger partial charge on any atom is -0.388 e. The Kier molecular flexibility index (Phi) is 3.83. The van der Waals surface area contributed by atoms with Crippen LogP contribution in [0.25, 0.3) is 0 Å². The topological polar surface area (TPSA) is 32.3 Å². The Morgan fingerprint density at radius 3 is 2.47 bits per heavy atom. The van der Waals surface area contributed by atoms with E-state index < -0.39 is 5.60 Å². The van der Waals surface area contributed by atoms with E-state index in [9.17, 15) is 5.11 Å². The van der Waals surface area contributed by atoms with E-state index in [0.717, 1.165) is 19.4 Å². The van der Waals surface area contributed by atoms with Crippen molar-refractivity contribution in [1.29, 1.82) is 0 Å². The highest BCUT2D eigenvalue weighted by molar-refractivity contribution is 4.98. The van der Waals surface area contributed by atoms with Crippen LogP contribution in [0.15, 0.2) is 0 Å². The molecule has 3 atom stereocenters. The largest absolute Gasteiger partial charge is 0.388 e. The Hall–Kier alpha value is -0.0800. The molecule has 0 aromatic rings. The van der Waals surface area contributed by atoms with Crippen molar-refractivity contribution in [2.24, 2.45) is 11.3 Å². The van der Waals surface area contributed by atoms with Crippen LogP contribution >= 0.6 is 0 Å². The van der Waals surface area contributed by atoms with Crippen LogP contribution < -0.4 is 5.32 Å². The predicted molar refractivity (Wildman–Crippen MR) is 64.9 cm³/mol. The van der Waals surface area contributed by atoms with Crippen LogP contribution in [0.5, 0.6) is 0 Å². The van der Waals surface area contributed by atoms with E-state index in [1.54, 1.807) is 0 Å². The van der Waals surface area contributed by atoms with Crippen molar-refractivity contribution in [2.75, 3.05) is 6.54 Å². The highest BCUT2D eigenvalue weighted by atomic mass is 16.3. The lowest BCUT2D eigenvalue weighted by Crippen LogP contribution is -2.54.